The molecular weight excluding hydrogens is 336 g/mol. The molecule has 4 heteroatoms. The molecule has 27 heavy (non-hydrogen) atoms. The number of hydrogen-bond donors (Lipinski definition) is 1. The fourth-order valence-corrected chi connectivity index (χ4v) is 5.79. The summed E-state index contributed by atoms with van der Waals surface area (Å²) in [6, 6.07) is 10.2. The highest BCUT2D eigenvalue weighted by atomic mass is 16.5. The lowest BCUT2D eigenvalue weighted by Gasteiger charge is -2.45. The zero-order valence-electron chi connectivity index (χ0n) is 16.2. The predicted molar refractivity (Wildman–Crippen MR) is 106 cm³/mol. The van der Waals surface area contributed by atoms with E-state index in [9.17, 15) is 4.79 Å². The van der Waals surface area contributed by atoms with Crippen LogP contribution >= 0.6 is 0 Å². The molecule has 3 atom stereocenters. The third-order valence-electron chi connectivity index (χ3n) is 7.41. The molecule has 1 aliphatic heterocycles. The minimum absolute atomic E-state index is 0.0653. The summed E-state index contributed by atoms with van der Waals surface area (Å²) in [5, 5.41) is 2.38. The van der Waals surface area contributed by atoms with E-state index < -0.39 is 5.41 Å². The zero-order valence-corrected chi connectivity index (χ0v) is 16.2. The van der Waals surface area contributed by atoms with Crippen molar-refractivity contribution in [1.82, 2.24) is 0 Å². The van der Waals surface area contributed by atoms with Crippen molar-refractivity contribution in [3.05, 3.63) is 40.7 Å². The number of quaternary nitrogens is 1. The molecule has 3 unspecified atom stereocenters. The molecule has 3 aliphatic rings. The van der Waals surface area contributed by atoms with Gasteiger partial charge < -0.3 is 10.1 Å². The number of hydrogen-bond acceptors (Lipinski definition) is 2. The van der Waals surface area contributed by atoms with Crippen LogP contribution in [0.3, 0.4) is 0 Å². The van der Waals surface area contributed by atoms with Crippen molar-refractivity contribution in [3.63, 3.8) is 0 Å². The number of rotatable bonds is 4. The van der Waals surface area contributed by atoms with E-state index in [0.29, 0.717) is 18.4 Å². The largest absolute Gasteiger partial charge is 0.456 e. The zero-order chi connectivity index (χ0) is 18.7. The number of piperidine rings is 1. The van der Waals surface area contributed by atoms with Crippen molar-refractivity contribution < 1.29 is 14.8 Å². The van der Waals surface area contributed by atoms with Gasteiger partial charge in [0.1, 0.15) is 0 Å². The number of carbonyl (C=O) groups is 1. The highest BCUT2D eigenvalue weighted by Crippen LogP contribution is 2.49. The van der Waals surface area contributed by atoms with Crippen molar-refractivity contribution in [2.75, 3.05) is 19.7 Å². The van der Waals surface area contributed by atoms with Crippen LogP contribution in [0.25, 0.3) is 4.85 Å². The fraction of sp³-hybridized carbons (Fsp3) is 0.652. The Morgan fingerprint density at radius 2 is 1.93 bits per heavy atom. The van der Waals surface area contributed by atoms with Crippen molar-refractivity contribution in [3.8, 4) is 6.57 Å². The van der Waals surface area contributed by atoms with Gasteiger partial charge in [-0.1, -0.05) is 60.9 Å². The number of benzene rings is 1. The Bertz CT molecular complexity index is 703. The smallest absolute Gasteiger partial charge is 0.317 e. The van der Waals surface area contributed by atoms with Crippen molar-refractivity contribution in [1.29, 1.82) is 0 Å². The van der Waals surface area contributed by atoms with Gasteiger partial charge in [0.25, 0.3) is 6.57 Å². The third kappa shape index (κ3) is 3.27. The van der Waals surface area contributed by atoms with Crippen LogP contribution in [0, 0.1) is 18.4 Å². The molecule has 3 fully saturated rings. The van der Waals surface area contributed by atoms with Gasteiger partial charge in [0.2, 0.25) is 0 Å². The first-order valence-electron chi connectivity index (χ1n) is 10.7. The van der Waals surface area contributed by atoms with Gasteiger partial charge in [-0.2, -0.15) is 0 Å². The average molecular weight is 369 g/mol. The Balaban J connectivity index is 1.51. The van der Waals surface area contributed by atoms with E-state index in [-0.39, 0.29) is 11.5 Å². The number of ether oxygens (including phenoxy) is 1. The molecule has 2 saturated carbocycles. The molecule has 1 aromatic rings. The molecule has 2 N–H and O–H groups in total. The first-order chi connectivity index (χ1) is 13.2. The highest BCUT2D eigenvalue weighted by Gasteiger charge is 2.65. The predicted octanol–water partition coefficient (Wildman–Crippen LogP) is 3.13. The van der Waals surface area contributed by atoms with Gasteiger partial charge >= 0.3 is 11.5 Å². The van der Waals surface area contributed by atoms with Crippen LogP contribution < -0.4 is 5.32 Å². The lowest BCUT2D eigenvalue weighted by atomic mass is 9.57. The number of nitrogens with two attached hydrogens (primary N) is 1. The number of fused-ring (bicyclic) bond motifs is 1. The van der Waals surface area contributed by atoms with Gasteiger partial charge in [-0.15, -0.1) is 0 Å². The van der Waals surface area contributed by atoms with Crippen LogP contribution in [-0.2, 0) is 14.9 Å². The summed E-state index contributed by atoms with van der Waals surface area (Å²) >= 11 is 0. The summed E-state index contributed by atoms with van der Waals surface area (Å²) in [7, 11) is 0. The Labute approximate surface area is 162 Å². The first-order valence-corrected chi connectivity index (χ1v) is 10.7. The molecule has 0 spiro atoms. The molecule has 0 radical (unpaired) electrons. The van der Waals surface area contributed by atoms with Crippen molar-refractivity contribution in [2.24, 2.45) is 11.8 Å². The Hall–Kier alpha value is -1.86. The van der Waals surface area contributed by atoms with E-state index in [2.05, 4.69) is 22.3 Å². The lowest BCUT2D eigenvalue weighted by Crippen LogP contribution is -2.90. The van der Waals surface area contributed by atoms with Crippen LogP contribution in [0.4, 0.5) is 0 Å². The SMILES string of the molecule is C#[N+]C1(COC(=O)C2(c3ccccc3)CCCCCC2)CC2C[NH2+]CCC21. The monoisotopic (exact) mass is 368 g/mol. The van der Waals surface area contributed by atoms with E-state index in [0.717, 1.165) is 57.2 Å². The standard InChI is InChI=1S/C23H31N2O2/c1-24-23(15-18-16-25-14-11-20(18)23)17-27-21(26)22(12-7-2-3-8-13-22)19-9-5-4-6-10-19/h1,4-6,9-10,18,20,25H,2-3,7-8,11-17H2/q+1/p+1. The molecule has 1 aromatic carbocycles. The van der Waals surface area contributed by atoms with Gasteiger partial charge in [-0.05, 0) is 18.4 Å². The Morgan fingerprint density at radius 1 is 1.19 bits per heavy atom. The second-order valence-electron chi connectivity index (χ2n) is 8.84. The summed E-state index contributed by atoms with van der Waals surface area (Å²) in [4.78, 5) is 17.7. The molecule has 4 rings (SSSR count). The van der Waals surface area contributed by atoms with Crippen LogP contribution in [0.2, 0.25) is 0 Å². The molecule has 0 aromatic heterocycles. The molecule has 144 valence electrons. The minimum Gasteiger partial charge on any atom is -0.456 e. The summed E-state index contributed by atoms with van der Waals surface area (Å²) in [6.45, 7) is 8.46. The van der Waals surface area contributed by atoms with Crippen LogP contribution in [0.15, 0.2) is 30.3 Å². The average Bonchev–Trinajstić information content (AvgIpc) is 2.97. The Morgan fingerprint density at radius 3 is 2.59 bits per heavy atom. The molecular formula is C23H32N2O2+2. The Kier molecular flexibility index (Phi) is 5.23. The highest BCUT2D eigenvalue weighted by molar-refractivity contribution is 5.83. The second kappa shape index (κ2) is 7.64. The molecule has 0 bridgehead atoms. The molecule has 4 nitrogen and oxygen atoms in total. The molecule has 0 amide bonds. The van der Waals surface area contributed by atoms with Gasteiger partial charge in [0, 0.05) is 18.8 Å². The molecule has 1 heterocycles. The molecule has 1 saturated heterocycles. The fourth-order valence-electron chi connectivity index (χ4n) is 5.79. The molecule has 2 aliphatic carbocycles. The van der Waals surface area contributed by atoms with Gasteiger partial charge in [-0.25, -0.2) is 0 Å². The van der Waals surface area contributed by atoms with Gasteiger partial charge in [-0.3, -0.25) is 4.79 Å². The maximum absolute atomic E-state index is 13.4. The topological polar surface area (TPSA) is 47.3 Å². The third-order valence-corrected chi connectivity index (χ3v) is 7.41. The van der Waals surface area contributed by atoms with E-state index in [1.54, 1.807) is 0 Å². The normalized spacial score (nSPS) is 32.3. The quantitative estimate of drug-likeness (QED) is 0.656. The lowest BCUT2D eigenvalue weighted by molar-refractivity contribution is -0.676. The van der Waals surface area contributed by atoms with E-state index in [1.165, 1.54) is 12.8 Å². The second-order valence-corrected chi connectivity index (χ2v) is 8.84. The van der Waals surface area contributed by atoms with Crippen LogP contribution in [0.5, 0.6) is 0 Å². The van der Waals surface area contributed by atoms with E-state index >= 15 is 0 Å². The number of carbonyl (C=O) groups excluding carboxylic acids is 1. The summed E-state index contributed by atoms with van der Waals surface area (Å²) in [5.74, 6) is 1.08. The summed E-state index contributed by atoms with van der Waals surface area (Å²) < 4.78 is 6.02. The van der Waals surface area contributed by atoms with Crippen LogP contribution in [-0.4, -0.2) is 31.2 Å². The maximum Gasteiger partial charge on any atom is 0.317 e. The van der Waals surface area contributed by atoms with Crippen LogP contribution in [0.1, 0.15) is 56.9 Å². The van der Waals surface area contributed by atoms with Crippen molar-refractivity contribution >= 4 is 5.97 Å². The van der Waals surface area contributed by atoms with Gasteiger partial charge in [0.15, 0.2) is 6.61 Å². The minimum atomic E-state index is -0.503. The van der Waals surface area contributed by atoms with E-state index in [4.69, 9.17) is 11.3 Å². The summed E-state index contributed by atoms with van der Waals surface area (Å²) in [6.07, 6.45) is 8.39. The van der Waals surface area contributed by atoms with Gasteiger partial charge in [0.05, 0.1) is 24.4 Å². The number of esters is 1. The number of nitrogens with zero attached hydrogens (tertiary/aromatic N) is 1. The van der Waals surface area contributed by atoms with E-state index in [1.807, 2.05) is 18.2 Å². The summed E-state index contributed by atoms with van der Waals surface area (Å²) in [5.41, 5.74) is 0.253. The maximum atomic E-state index is 13.4. The first kappa shape index (κ1) is 18.5. The van der Waals surface area contributed by atoms with Crippen molar-refractivity contribution in [2.45, 2.75) is 62.3 Å².